The lowest BCUT2D eigenvalue weighted by molar-refractivity contribution is -0.384. The highest BCUT2D eigenvalue weighted by atomic mass is 16.6. The van der Waals surface area contributed by atoms with Crippen LogP contribution in [0.1, 0.15) is 11.5 Å². The van der Waals surface area contributed by atoms with Gasteiger partial charge in [-0.2, -0.15) is 0 Å². The first-order chi connectivity index (χ1) is 7.25. The quantitative estimate of drug-likeness (QED) is 0.567. The van der Waals surface area contributed by atoms with E-state index < -0.39 is 4.92 Å². The maximum absolute atomic E-state index is 10.5. The molecule has 0 amide bonds. The van der Waals surface area contributed by atoms with E-state index in [-0.39, 0.29) is 5.69 Å². The van der Waals surface area contributed by atoms with Crippen LogP contribution in [0.2, 0.25) is 0 Å². The fourth-order valence-electron chi connectivity index (χ4n) is 1.29. The van der Waals surface area contributed by atoms with E-state index in [4.69, 9.17) is 4.42 Å². The predicted molar refractivity (Wildman–Crippen MR) is 52.4 cm³/mol. The van der Waals surface area contributed by atoms with E-state index in [1.165, 1.54) is 18.4 Å². The Labute approximate surface area is 85.5 Å². The summed E-state index contributed by atoms with van der Waals surface area (Å²) in [4.78, 5) is 14.1. The standard InChI is InChI=1S/C10H8N2O3/c13-12(14)9-3-1-2-8(6-9)7-10-11-4-5-15-10/h1-6H,7H2. The molecule has 0 spiro atoms. The molecule has 0 aliphatic rings. The van der Waals surface area contributed by atoms with Gasteiger partial charge in [-0.15, -0.1) is 0 Å². The van der Waals surface area contributed by atoms with Crippen LogP contribution in [0.5, 0.6) is 0 Å². The second-order valence-corrected chi connectivity index (χ2v) is 3.03. The highest BCUT2D eigenvalue weighted by Gasteiger charge is 2.07. The van der Waals surface area contributed by atoms with Crippen LogP contribution in [0, 0.1) is 10.1 Å². The Balaban J connectivity index is 2.22. The molecule has 0 atom stereocenters. The van der Waals surface area contributed by atoms with Crippen molar-refractivity contribution in [1.82, 2.24) is 4.98 Å². The molecule has 1 aromatic heterocycles. The molecule has 76 valence electrons. The van der Waals surface area contributed by atoms with Gasteiger partial charge in [-0.05, 0) is 5.56 Å². The van der Waals surface area contributed by atoms with E-state index in [1.54, 1.807) is 18.3 Å². The predicted octanol–water partition coefficient (Wildman–Crippen LogP) is 2.17. The fourth-order valence-corrected chi connectivity index (χ4v) is 1.29. The fraction of sp³-hybridized carbons (Fsp3) is 0.100. The molecule has 1 aromatic carbocycles. The van der Waals surface area contributed by atoms with E-state index in [0.717, 1.165) is 5.56 Å². The Hall–Kier alpha value is -2.17. The number of hydrogen-bond donors (Lipinski definition) is 0. The number of oxazole rings is 1. The first-order valence-corrected chi connectivity index (χ1v) is 4.37. The molecule has 5 nitrogen and oxygen atoms in total. The molecule has 1 heterocycles. The molecular weight excluding hydrogens is 196 g/mol. The summed E-state index contributed by atoms with van der Waals surface area (Å²) < 4.78 is 5.06. The highest BCUT2D eigenvalue weighted by Crippen LogP contribution is 2.15. The van der Waals surface area contributed by atoms with Crippen molar-refractivity contribution in [2.45, 2.75) is 6.42 Å². The summed E-state index contributed by atoms with van der Waals surface area (Å²) in [6, 6.07) is 6.43. The molecule has 0 unspecified atom stereocenters. The molecule has 0 fully saturated rings. The lowest BCUT2D eigenvalue weighted by atomic mass is 10.1. The first kappa shape index (κ1) is 9.39. The van der Waals surface area contributed by atoms with Gasteiger partial charge in [0.15, 0.2) is 5.89 Å². The van der Waals surface area contributed by atoms with Crippen molar-refractivity contribution >= 4 is 5.69 Å². The number of nitrogens with zero attached hydrogens (tertiary/aromatic N) is 2. The average Bonchev–Trinajstić information content (AvgIpc) is 2.71. The Bertz CT molecular complexity index is 465. The van der Waals surface area contributed by atoms with Gasteiger partial charge in [0.05, 0.1) is 11.1 Å². The van der Waals surface area contributed by atoms with Crippen molar-refractivity contribution in [2.75, 3.05) is 0 Å². The van der Waals surface area contributed by atoms with Gasteiger partial charge in [-0.25, -0.2) is 4.98 Å². The second-order valence-electron chi connectivity index (χ2n) is 3.03. The second kappa shape index (κ2) is 3.91. The Morgan fingerprint density at radius 1 is 1.47 bits per heavy atom. The molecule has 0 saturated heterocycles. The maximum Gasteiger partial charge on any atom is 0.269 e. The minimum absolute atomic E-state index is 0.0825. The summed E-state index contributed by atoms with van der Waals surface area (Å²) >= 11 is 0. The first-order valence-electron chi connectivity index (χ1n) is 4.37. The third-order valence-electron chi connectivity index (χ3n) is 1.96. The molecule has 15 heavy (non-hydrogen) atoms. The van der Waals surface area contributed by atoms with Crippen molar-refractivity contribution in [3.8, 4) is 0 Å². The molecule has 0 N–H and O–H groups in total. The summed E-state index contributed by atoms with van der Waals surface area (Å²) in [5.41, 5.74) is 0.894. The van der Waals surface area contributed by atoms with Crippen molar-refractivity contribution in [1.29, 1.82) is 0 Å². The van der Waals surface area contributed by atoms with Crippen molar-refractivity contribution < 1.29 is 9.34 Å². The third kappa shape index (κ3) is 2.19. The van der Waals surface area contributed by atoms with Crippen molar-refractivity contribution in [2.24, 2.45) is 0 Å². The summed E-state index contributed by atoms with van der Waals surface area (Å²) in [6.07, 6.45) is 3.49. The van der Waals surface area contributed by atoms with Gasteiger partial charge in [-0.3, -0.25) is 10.1 Å². The van der Waals surface area contributed by atoms with Crippen molar-refractivity contribution in [3.63, 3.8) is 0 Å². The van der Waals surface area contributed by atoms with Crippen LogP contribution < -0.4 is 0 Å². The topological polar surface area (TPSA) is 69.2 Å². The molecule has 0 saturated carbocycles. The summed E-state index contributed by atoms with van der Waals surface area (Å²) in [6.45, 7) is 0. The van der Waals surface area contributed by atoms with E-state index in [0.29, 0.717) is 12.3 Å². The van der Waals surface area contributed by atoms with Crippen molar-refractivity contribution in [3.05, 3.63) is 58.3 Å². The average molecular weight is 204 g/mol. The zero-order valence-corrected chi connectivity index (χ0v) is 7.79. The molecule has 0 aliphatic carbocycles. The van der Waals surface area contributed by atoms with Gasteiger partial charge < -0.3 is 4.42 Å². The molecular formula is C10H8N2O3. The minimum Gasteiger partial charge on any atom is -0.449 e. The van der Waals surface area contributed by atoms with Crippen LogP contribution in [-0.2, 0) is 6.42 Å². The number of rotatable bonds is 3. The summed E-state index contributed by atoms with van der Waals surface area (Å²) in [7, 11) is 0. The number of aromatic nitrogens is 1. The van der Waals surface area contributed by atoms with Crippen LogP contribution in [0.25, 0.3) is 0 Å². The number of nitro benzene ring substituents is 1. The lowest BCUT2D eigenvalue weighted by Crippen LogP contribution is -1.91. The van der Waals surface area contributed by atoms with E-state index in [2.05, 4.69) is 4.98 Å². The van der Waals surface area contributed by atoms with Gasteiger partial charge in [0.25, 0.3) is 5.69 Å². The summed E-state index contributed by atoms with van der Waals surface area (Å²) in [5, 5.41) is 10.5. The molecule has 2 rings (SSSR count). The van der Waals surface area contributed by atoms with E-state index in [9.17, 15) is 10.1 Å². The monoisotopic (exact) mass is 204 g/mol. The summed E-state index contributed by atoms with van der Waals surface area (Å²) in [5.74, 6) is 0.551. The SMILES string of the molecule is O=[N+]([O-])c1cccc(Cc2ncco2)c1. The van der Waals surface area contributed by atoms with Gasteiger partial charge in [-0.1, -0.05) is 12.1 Å². The van der Waals surface area contributed by atoms with Gasteiger partial charge in [0.1, 0.15) is 6.26 Å². The van der Waals surface area contributed by atoms with Crippen LogP contribution in [0.4, 0.5) is 5.69 Å². The zero-order chi connectivity index (χ0) is 10.7. The van der Waals surface area contributed by atoms with Crippen LogP contribution in [-0.4, -0.2) is 9.91 Å². The van der Waals surface area contributed by atoms with Gasteiger partial charge >= 0.3 is 0 Å². The molecule has 0 aliphatic heterocycles. The number of non-ortho nitro benzene ring substituents is 1. The molecule has 0 bridgehead atoms. The van der Waals surface area contributed by atoms with Crippen LogP contribution in [0.15, 0.2) is 41.1 Å². The van der Waals surface area contributed by atoms with Crippen LogP contribution in [0.3, 0.4) is 0 Å². The molecule has 0 radical (unpaired) electrons. The van der Waals surface area contributed by atoms with Gasteiger partial charge in [0.2, 0.25) is 0 Å². The van der Waals surface area contributed by atoms with Gasteiger partial charge in [0, 0.05) is 18.6 Å². The zero-order valence-electron chi connectivity index (χ0n) is 7.79. The van der Waals surface area contributed by atoms with E-state index >= 15 is 0 Å². The highest BCUT2D eigenvalue weighted by molar-refractivity contribution is 5.35. The smallest absolute Gasteiger partial charge is 0.269 e. The molecule has 2 aromatic rings. The number of hydrogen-bond acceptors (Lipinski definition) is 4. The third-order valence-corrected chi connectivity index (χ3v) is 1.96. The minimum atomic E-state index is -0.418. The van der Waals surface area contributed by atoms with E-state index in [1.807, 2.05) is 0 Å². The largest absolute Gasteiger partial charge is 0.449 e. The Morgan fingerprint density at radius 3 is 3.00 bits per heavy atom. The Kier molecular flexibility index (Phi) is 2.45. The lowest BCUT2D eigenvalue weighted by Gasteiger charge is -1.97. The number of nitro groups is 1. The van der Waals surface area contributed by atoms with Crippen LogP contribution >= 0.6 is 0 Å². The Morgan fingerprint density at radius 2 is 2.33 bits per heavy atom. The maximum atomic E-state index is 10.5. The molecule has 5 heteroatoms. The normalized spacial score (nSPS) is 10.1. The number of benzene rings is 1.